The van der Waals surface area contributed by atoms with E-state index >= 15 is 0 Å². The fourth-order valence-corrected chi connectivity index (χ4v) is 2.94. The predicted molar refractivity (Wildman–Crippen MR) is 111 cm³/mol. The second-order valence-electron chi connectivity index (χ2n) is 7.06. The first kappa shape index (κ1) is 22.8. The number of oxazole rings is 1. The van der Waals surface area contributed by atoms with Gasteiger partial charge in [-0.1, -0.05) is 17.7 Å². The van der Waals surface area contributed by atoms with Gasteiger partial charge in [-0.05, 0) is 25.1 Å². The summed E-state index contributed by atoms with van der Waals surface area (Å²) in [7, 11) is 0. The van der Waals surface area contributed by atoms with Crippen LogP contribution in [0.1, 0.15) is 18.7 Å². The third-order valence-electron chi connectivity index (χ3n) is 4.63. The zero-order valence-corrected chi connectivity index (χ0v) is 17.4. The molecule has 1 unspecified atom stereocenters. The molecular weight excluding hydrogens is 430 g/mol. The minimum Gasteiger partial charge on any atom is -0.486 e. The first-order chi connectivity index (χ1) is 14.8. The number of esters is 1. The van der Waals surface area contributed by atoms with Crippen LogP contribution < -0.4 is 16.2 Å². The number of aliphatic hydroxyl groups excluding tert-OH is 2. The number of pyridine rings is 1. The van der Waals surface area contributed by atoms with Crippen molar-refractivity contribution in [1.82, 2.24) is 9.55 Å². The highest BCUT2D eigenvalue weighted by Crippen LogP contribution is 2.31. The first-order valence-corrected chi connectivity index (χ1v) is 9.70. The van der Waals surface area contributed by atoms with Crippen LogP contribution in [0.2, 0.25) is 5.02 Å². The summed E-state index contributed by atoms with van der Waals surface area (Å²) in [4.78, 5) is 29.0. The van der Waals surface area contributed by atoms with Crippen molar-refractivity contribution in [2.75, 3.05) is 19.8 Å². The van der Waals surface area contributed by atoms with Gasteiger partial charge in [0.05, 0.1) is 35.0 Å². The third-order valence-corrected chi connectivity index (χ3v) is 4.92. The number of hydrogen-bond acceptors (Lipinski definition) is 9. The molecule has 0 radical (unpaired) electrons. The Hall–Kier alpha value is -2.92. The third kappa shape index (κ3) is 5.05. The quantitative estimate of drug-likeness (QED) is 0.405. The van der Waals surface area contributed by atoms with Crippen LogP contribution in [0.15, 0.2) is 45.7 Å². The molecule has 0 spiro atoms. The summed E-state index contributed by atoms with van der Waals surface area (Å²) >= 11 is 6.30. The van der Waals surface area contributed by atoms with Crippen molar-refractivity contribution in [2.45, 2.75) is 25.1 Å². The van der Waals surface area contributed by atoms with Crippen LogP contribution in [-0.2, 0) is 16.1 Å². The summed E-state index contributed by atoms with van der Waals surface area (Å²) in [5.41, 5.74) is 5.34. The van der Waals surface area contributed by atoms with Crippen molar-refractivity contribution in [2.24, 2.45) is 5.73 Å². The standard InChI is InChI=1S/C20H22ClN3O7/c1-12(18(27)30-11-20(22,9-25)10-26)24-15-6-14(21)16(7-17(15)31-19(24)28)29-8-13-4-2-3-5-23-13/h2-7,12,25-26H,8-11,22H2,1H3. The van der Waals surface area contributed by atoms with Crippen molar-refractivity contribution in [3.63, 3.8) is 0 Å². The lowest BCUT2D eigenvalue weighted by Crippen LogP contribution is -2.52. The second-order valence-corrected chi connectivity index (χ2v) is 7.47. The van der Waals surface area contributed by atoms with Gasteiger partial charge in [0, 0.05) is 12.3 Å². The molecule has 1 aromatic carbocycles. The number of carbonyl (C=O) groups excluding carboxylic acids is 1. The number of fused-ring (bicyclic) bond motifs is 1. The summed E-state index contributed by atoms with van der Waals surface area (Å²) in [5, 5.41) is 18.6. The molecule has 2 aromatic heterocycles. The van der Waals surface area contributed by atoms with E-state index in [9.17, 15) is 19.8 Å². The number of ether oxygens (including phenoxy) is 2. The number of aliphatic hydroxyl groups is 2. The van der Waals surface area contributed by atoms with Crippen LogP contribution in [0.4, 0.5) is 0 Å². The molecule has 0 aliphatic carbocycles. The molecule has 10 nitrogen and oxygen atoms in total. The minimum atomic E-state index is -1.48. The number of hydrogen-bond donors (Lipinski definition) is 3. The van der Waals surface area contributed by atoms with E-state index in [1.165, 1.54) is 19.1 Å². The molecule has 4 N–H and O–H groups in total. The highest BCUT2D eigenvalue weighted by Gasteiger charge is 2.29. The van der Waals surface area contributed by atoms with Gasteiger partial charge in [0.2, 0.25) is 0 Å². The first-order valence-electron chi connectivity index (χ1n) is 9.32. The number of rotatable bonds is 9. The Labute approximate surface area is 181 Å². The zero-order valence-electron chi connectivity index (χ0n) is 16.7. The van der Waals surface area contributed by atoms with Gasteiger partial charge in [0.15, 0.2) is 5.58 Å². The van der Waals surface area contributed by atoms with E-state index in [1.54, 1.807) is 18.3 Å². The minimum absolute atomic E-state index is 0.163. The van der Waals surface area contributed by atoms with Crippen molar-refractivity contribution in [3.8, 4) is 5.75 Å². The molecule has 0 aliphatic rings. The average Bonchev–Trinajstić information content (AvgIpc) is 3.10. The van der Waals surface area contributed by atoms with E-state index in [0.29, 0.717) is 5.69 Å². The molecule has 3 aromatic rings. The maximum absolute atomic E-state index is 12.4. The normalized spacial score (nSPS) is 12.7. The largest absolute Gasteiger partial charge is 0.486 e. The molecule has 0 saturated carbocycles. The summed E-state index contributed by atoms with van der Waals surface area (Å²) in [5.74, 6) is -1.30. The van der Waals surface area contributed by atoms with Crippen LogP contribution in [-0.4, -0.2) is 51.1 Å². The lowest BCUT2D eigenvalue weighted by atomic mass is 10.1. The van der Waals surface area contributed by atoms with Crippen LogP contribution >= 0.6 is 11.6 Å². The smallest absolute Gasteiger partial charge is 0.420 e. The topological polar surface area (TPSA) is 150 Å². The molecular formula is C20H22ClN3O7. The van der Waals surface area contributed by atoms with Gasteiger partial charge in [-0.3, -0.25) is 9.55 Å². The fourth-order valence-electron chi connectivity index (χ4n) is 2.73. The molecule has 0 fully saturated rings. The molecule has 0 aliphatic heterocycles. The molecule has 11 heteroatoms. The number of carbonyl (C=O) groups is 1. The lowest BCUT2D eigenvalue weighted by Gasteiger charge is -2.24. The van der Waals surface area contributed by atoms with E-state index in [1.807, 2.05) is 6.07 Å². The molecule has 0 amide bonds. The maximum atomic E-state index is 12.4. The van der Waals surface area contributed by atoms with Gasteiger partial charge < -0.3 is 29.8 Å². The van der Waals surface area contributed by atoms with Gasteiger partial charge >= 0.3 is 11.7 Å². The van der Waals surface area contributed by atoms with Crippen molar-refractivity contribution in [3.05, 3.63) is 57.8 Å². The van der Waals surface area contributed by atoms with Crippen molar-refractivity contribution in [1.29, 1.82) is 0 Å². The molecule has 0 bridgehead atoms. The number of benzene rings is 1. The molecule has 3 rings (SSSR count). The molecule has 0 saturated heterocycles. The lowest BCUT2D eigenvalue weighted by molar-refractivity contribution is -0.150. The van der Waals surface area contributed by atoms with E-state index < -0.39 is 43.1 Å². The van der Waals surface area contributed by atoms with Crippen molar-refractivity contribution >= 4 is 28.7 Å². The van der Waals surface area contributed by atoms with Crippen LogP contribution in [0.25, 0.3) is 11.1 Å². The second kappa shape index (κ2) is 9.48. The Morgan fingerprint density at radius 3 is 2.74 bits per heavy atom. The summed E-state index contributed by atoms with van der Waals surface area (Å²) in [6, 6.07) is 7.23. The summed E-state index contributed by atoms with van der Waals surface area (Å²) in [6.07, 6.45) is 1.64. The Morgan fingerprint density at radius 2 is 2.10 bits per heavy atom. The van der Waals surface area contributed by atoms with E-state index in [0.717, 1.165) is 4.57 Å². The molecule has 166 valence electrons. The average molecular weight is 452 g/mol. The fraction of sp³-hybridized carbons (Fsp3) is 0.350. The summed E-state index contributed by atoms with van der Waals surface area (Å²) in [6.45, 7) is -0.00228. The SMILES string of the molecule is CC(C(=O)OCC(N)(CO)CO)n1c(=O)oc2cc(OCc3ccccn3)c(Cl)cc21. The number of nitrogens with zero attached hydrogens (tertiary/aromatic N) is 2. The monoisotopic (exact) mass is 451 g/mol. The van der Waals surface area contributed by atoms with Crippen molar-refractivity contribution < 1.29 is 28.9 Å². The van der Waals surface area contributed by atoms with Crippen LogP contribution in [0.3, 0.4) is 0 Å². The van der Waals surface area contributed by atoms with Crippen LogP contribution in [0, 0.1) is 0 Å². The molecule has 31 heavy (non-hydrogen) atoms. The molecule has 1 atom stereocenters. The van der Waals surface area contributed by atoms with E-state index in [4.69, 9.17) is 31.2 Å². The Bertz CT molecular complexity index is 1110. The Kier molecular flexibility index (Phi) is 6.96. The maximum Gasteiger partial charge on any atom is 0.420 e. The van der Waals surface area contributed by atoms with Crippen LogP contribution in [0.5, 0.6) is 5.75 Å². The number of aromatic nitrogens is 2. The van der Waals surface area contributed by atoms with E-state index in [2.05, 4.69) is 4.98 Å². The Balaban J connectivity index is 1.81. The zero-order chi connectivity index (χ0) is 22.6. The molecule has 2 heterocycles. The predicted octanol–water partition coefficient (Wildman–Crippen LogP) is 1.01. The highest BCUT2D eigenvalue weighted by molar-refractivity contribution is 6.32. The van der Waals surface area contributed by atoms with Gasteiger partial charge in [0.25, 0.3) is 0 Å². The van der Waals surface area contributed by atoms with Gasteiger partial charge in [-0.25, -0.2) is 9.59 Å². The van der Waals surface area contributed by atoms with Gasteiger partial charge in [-0.15, -0.1) is 0 Å². The number of nitrogens with two attached hydrogens (primary N) is 1. The van der Waals surface area contributed by atoms with E-state index in [-0.39, 0.29) is 28.5 Å². The summed E-state index contributed by atoms with van der Waals surface area (Å²) < 4.78 is 17.1. The number of halogens is 1. The Morgan fingerprint density at radius 1 is 1.35 bits per heavy atom. The van der Waals surface area contributed by atoms with Gasteiger partial charge in [-0.2, -0.15) is 0 Å². The highest BCUT2D eigenvalue weighted by atomic mass is 35.5. The van der Waals surface area contributed by atoms with Gasteiger partial charge in [0.1, 0.15) is 25.0 Å².